The van der Waals surface area contributed by atoms with Crippen LogP contribution in [0, 0.1) is 5.82 Å². The number of alkyl halides is 1. The van der Waals surface area contributed by atoms with Crippen molar-refractivity contribution in [1.29, 1.82) is 0 Å². The molecule has 1 aromatic carbocycles. The van der Waals surface area contributed by atoms with E-state index in [4.69, 9.17) is 11.6 Å². The first kappa shape index (κ1) is 16.7. The van der Waals surface area contributed by atoms with Crippen molar-refractivity contribution >= 4 is 21.6 Å². The lowest BCUT2D eigenvalue weighted by Gasteiger charge is -2.36. The van der Waals surface area contributed by atoms with Gasteiger partial charge in [0.1, 0.15) is 5.82 Å². The number of hydrogen-bond acceptors (Lipinski definition) is 3. The lowest BCUT2D eigenvalue weighted by Crippen LogP contribution is -2.50. The zero-order valence-electron chi connectivity index (χ0n) is 12.2. The molecule has 0 aromatic heterocycles. The Morgan fingerprint density at radius 2 is 1.86 bits per heavy atom. The van der Waals surface area contributed by atoms with Crippen LogP contribution in [0.3, 0.4) is 0 Å². The Hall–Kier alpha value is -0.690. The van der Waals surface area contributed by atoms with Crippen LogP contribution < -0.4 is 0 Å². The van der Waals surface area contributed by atoms with Gasteiger partial charge in [-0.1, -0.05) is 0 Å². The minimum Gasteiger partial charge on any atom is -0.298 e. The number of piperazine rings is 1. The molecular weight excluding hydrogens is 315 g/mol. The van der Waals surface area contributed by atoms with E-state index >= 15 is 0 Å². The van der Waals surface area contributed by atoms with Crippen LogP contribution in [0.15, 0.2) is 23.1 Å². The van der Waals surface area contributed by atoms with E-state index in [2.05, 4.69) is 18.7 Å². The first-order valence-electron chi connectivity index (χ1n) is 6.95. The molecule has 0 N–H and O–H groups in total. The summed E-state index contributed by atoms with van der Waals surface area (Å²) in [6, 6.07) is 4.19. The third kappa shape index (κ3) is 3.56. The minimum absolute atomic E-state index is 0.0453. The molecule has 0 unspecified atom stereocenters. The van der Waals surface area contributed by atoms with Gasteiger partial charge in [-0.25, -0.2) is 12.8 Å². The Balaban J connectivity index is 2.19. The molecule has 1 saturated heterocycles. The lowest BCUT2D eigenvalue weighted by atomic mass is 10.2. The highest BCUT2D eigenvalue weighted by Crippen LogP contribution is 2.21. The van der Waals surface area contributed by atoms with E-state index in [0.717, 1.165) is 6.07 Å². The molecule has 4 nitrogen and oxygen atoms in total. The summed E-state index contributed by atoms with van der Waals surface area (Å²) in [5, 5.41) is 0. The number of hydrogen-bond donors (Lipinski definition) is 0. The minimum atomic E-state index is -3.58. The van der Waals surface area contributed by atoms with E-state index in [1.807, 2.05) is 0 Å². The largest absolute Gasteiger partial charge is 0.298 e. The van der Waals surface area contributed by atoms with Gasteiger partial charge in [0.05, 0.1) is 10.8 Å². The fraction of sp³-hybridized carbons (Fsp3) is 0.571. The van der Waals surface area contributed by atoms with E-state index in [1.165, 1.54) is 16.4 Å². The van der Waals surface area contributed by atoms with Crippen molar-refractivity contribution in [3.63, 3.8) is 0 Å². The second-order valence-electron chi connectivity index (χ2n) is 5.42. The topological polar surface area (TPSA) is 40.6 Å². The van der Waals surface area contributed by atoms with Gasteiger partial charge in [-0.15, -0.1) is 11.6 Å². The van der Waals surface area contributed by atoms with Crippen molar-refractivity contribution < 1.29 is 12.8 Å². The summed E-state index contributed by atoms with van der Waals surface area (Å²) in [5.74, 6) is -0.523. The predicted octanol–water partition coefficient (Wildman–Crippen LogP) is 2.28. The highest BCUT2D eigenvalue weighted by molar-refractivity contribution is 7.89. The first-order valence-corrected chi connectivity index (χ1v) is 8.92. The van der Waals surface area contributed by atoms with E-state index in [1.54, 1.807) is 0 Å². The standard InChI is InChI=1S/C14H20ClFN2O2S/c1-11(2)17-5-7-18(8-6-17)21(19,20)13-3-4-14(16)12(9-13)10-15/h3-4,9,11H,5-8,10H2,1-2H3. The molecule has 118 valence electrons. The fourth-order valence-corrected chi connectivity index (χ4v) is 4.10. The molecule has 1 fully saturated rings. The second kappa shape index (κ2) is 6.60. The average molecular weight is 335 g/mol. The molecule has 7 heteroatoms. The van der Waals surface area contributed by atoms with Crippen molar-refractivity contribution in [2.45, 2.75) is 30.7 Å². The maximum Gasteiger partial charge on any atom is 0.243 e. The van der Waals surface area contributed by atoms with Crippen LogP contribution in [0.5, 0.6) is 0 Å². The molecule has 0 aliphatic carbocycles. The van der Waals surface area contributed by atoms with Crippen LogP contribution in [0.4, 0.5) is 4.39 Å². The van der Waals surface area contributed by atoms with Crippen molar-refractivity contribution in [2.24, 2.45) is 0 Å². The third-order valence-corrected chi connectivity index (χ3v) is 5.99. The van der Waals surface area contributed by atoms with Crippen molar-refractivity contribution in [2.75, 3.05) is 26.2 Å². The zero-order valence-corrected chi connectivity index (χ0v) is 13.8. The Kier molecular flexibility index (Phi) is 5.24. The molecule has 0 spiro atoms. The van der Waals surface area contributed by atoms with Crippen molar-refractivity contribution in [3.05, 3.63) is 29.6 Å². The Bertz CT molecular complexity index is 599. The fourth-order valence-electron chi connectivity index (χ4n) is 2.42. The van der Waals surface area contributed by atoms with Crippen LogP contribution in [0.25, 0.3) is 0 Å². The van der Waals surface area contributed by atoms with Gasteiger partial charge in [0.25, 0.3) is 0 Å². The summed E-state index contributed by atoms with van der Waals surface area (Å²) in [4.78, 5) is 2.35. The maximum atomic E-state index is 13.4. The number of sulfonamides is 1. The molecule has 1 heterocycles. The molecule has 0 atom stereocenters. The molecule has 0 radical (unpaired) electrons. The van der Waals surface area contributed by atoms with Crippen molar-refractivity contribution in [3.8, 4) is 0 Å². The summed E-state index contributed by atoms with van der Waals surface area (Å²) in [6.45, 7) is 6.51. The number of rotatable bonds is 4. The predicted molar refractivity (Wildman–Crippen MR) is 81.4 cm³/mol. The molecular formula is C14H20ClFN2O2S. The van der Waals surface area contributed by atoms with Gasteiger partial charge < -0.3 is 0 Å². The highest BCUT2D eigenvalue weighted by atomic mass is 35.5. The van der Waals surface area contributed by atoms with Gasteiger partial charge in [0, 0.05) is 37.8 Å². The summed E-state index contributed by atoms with van der Waals surface area (Å²) in [7, 11) is -3.58. The monoisotopic (exact) mass is 334 g/mol. The molecule has 2 rings (SSSR count). The van der Waals surface area contributed by atoms with Gasteiger partial charge in [0.2, 0.25) is 10.0 Å². The summed E-state index contributed by atoms with van der Waals surface area (Å²) in [5.41, 5.74) is 0.207. The molecule has 1 aromatic rings. The zero-order chi connectivity index (χ0) is 15.6. The number of benzene rings is 1. The summed E-state index contributed by atoms with van der Waals surface area (Å²) >= 11 is 5.64. The normalized spacial score (nSPS) is 18.3. The SMILES string of the molecule is CC(C)N1CCN(S(=O)(=O)c2ccc(F)c(CCl)c2)CC1. The molecule has 1 aliphatic rings. The van der Waals surface area contributed by atoms with E-state index in [-0.39, 0.29) is 16.3 Å². The average Bonchev–Trinajstić information content (AvgIpc) is 2.47. The van der Waals surface area contributed by atoms with Gasteiger partial charge >= 0.3 is 0 Å². The van der Waals surface area contributed by atoms with Gasteiger partial charge in [-0.3, -0.25) is 4.90 Å². The van der Waals surface area contributed by atoms with Crippen LogP contribution in [0.2, 0.25) is 0 Å². The Labute approximate surface area is 130 Å². The molecule has 0 amide bonds. The van der Waals surface area contributed by atoms with Crippen LogP contribution in [-0.2, 0) is 15.9 Å². The molecule has 0 saturated carbocycles. The van der Waals surface area contributed by atoms with Crippen molar-refractivity contribution in [1.82, 2.24) is 9.21 Å². The highest BCUT2D eigenvalue weighted by Gasteiger charge is 2.29. The summed E-state index contributed by atoms with van der Waals surface area (Å²) < 4.78 is 40.1. The molecule has 21 heavy (non-hydrogen) atoms. The molecule has 0 bridgehead atoms. The molecule has 1 aliphatic heterocycles. The second-order valence-corrected chi connectivity index (χ2v) is 7.63. The Morgan fingerprint density at radius 3 is 2.38 bits per heavy atom. The van der Waals surface area contributed by atoms with Crippen LogP contribution in [-0.4, -0.2) is 49.8 Å². The quantitative estimate of drug-likeness (QED) is 0.793. The first-order chi connectivity index (χ1) is 9.86. The smallest absolute Gasteiger partial charge is 0.243 e. The van der Waals surface area contributed by atoms with Gasteiger partial charge in [0.15, 0.2) is 0 Å². The lowest BCUT2D eigenvalue weighted by molar-refractivity contribution is 0.154. The van der Waals surface area contributed by atoms with E-state index < -0.39 is 15.8 Å². The van der Waals surface area contributed by atoms with Gasteiger partial charge in [-0.05, 0) is 32.0 Å². The number of nitrogens with zero attached hydrogens (tertiary/aromatic N) is 2. The van der Waals surface area contributed by atoms with E-state index in [0.29, 0.717) is 32.2 Å². The van der Waals surface area contributed by atoms with E-state index in [9.17, 15) is 12.8 Å². The maximum absolute atomic E-state index is 13.4. The summed E-state index contributed by atoms with van der Waals surface area (Å²) in [6.07, 6.45) is 0. The van der Waals surface area contributed by atoms with Gasteiger partial charge in [-0.2, -0.15) is 4.31 Å². The van der Waals surface area contributed by atoms with Crippen LogP contribution in [0.1, 0.15) is 19.4 Å². The number of halogens is 2. The Morgan fingerprint density at radius 1 is 1.24 bits per heavy atom. The van der Waals surface area contributed by atoms with Crippen LogP contribution >= 0.6 is 11.6 Å². The third-order valence-electron chi connectivity index (χ3n) is 3.80.